The van der Waals surface area contributed by atoms with Crippen molar-refractivity contribution < 1.29 is 50.9 Å². The molecular weight excluding hydrogens is 509 g/mol. The molecule has 0 spiro atoms. The molecule has 210 valence electrons. The maximum absolute atomic E-state index is 14.6. The quantitative estimate of drug-likeness (QED) is 0.263. The van der Waals surface area contributed by atoms with E-state index >= 15 is 0 Å². The van der Waals surface area contributed by atoms with Crippen LogP contribution in [0.2, 0.25) is 0 Å². The van der Waals surface area contributed by atoms with Crippen LogP contribution in [-0.4, -0.2) is 74.3 Å². The molecule has 0 aliphatic carbocycles. The largest absolute Gasteiger partial charge is 0.497 e. The number of hydrogen-bond donors (Lipinski definition) is 4. The summed E-state index contributed by atoms with van der Waals surface area (Å²) in [5.74, 6) is -10.5. The van der Waals surface area contributed by atoms with Crippen LogP contribution in [0.1, 0.15) is 31.9 Å². The first kappa shape index (κ1) is 32.2. The molecule has 0 fully saturated rings. The van der Waals surface area contributed by atoms with Gasteiger partial charge in [0.05, 0.1) is 13.7 Å². The molecule has 2 amide bonds. The van der Waals surface area contributed by atoms with Gasteiger partial charge in [0, 0.05) is 19.4 Å². The molecule has 0 bridgehead atoms. The van der Waals surface area contributed by atoms with Crippen molar-refractivity contribution in [2.75, 3.05) is 27.4 Å². The minimum atomic E-state index is -4.95. The van der Waals surface area contributed by atoms with Gasteiger partial charge in [0.25, 0.3) is 5.91 Å². The summed E-state index contributed by atoms with van der Waals surface area (Å²) >= 11 is 0. The van der Waals surface area contributed by atoms with Crippen LogP contribution in [0, 0.1) is 11.8 Å². The number of halogens is 5. The Balaban J connectivity index is 3.22. The van der Waals surface area contributed by atoms with Crippen LogP contribution < -0.4 is 21.1 Å². The lowest BCUT2D eigenvalue weighted by Gasteiger charge is -2.32. The number of hydrogen-bond acceptors (Lipinski definition) is 7. The van der Waals surface area contributed by atoms with Crippen LogP contribution in [0.5, 0.6) is 5.75 Å². The molecule has 0 saturated carbocycles. The van der Waals surface area contributed by atoms with Crippen LogP contribution in [0.4, 0.5) is 22.0 Å². The zero-order chi connectivity index (χ0) is 28.6. The maximum atomic E-state index is 14.6. The van der Waals surface area contributed by atoms with E-state index in [9.17, 15) is 41.4 Å². The van der Waals surface area contributed by atoms with Gasteiger partial charge in [-0.1, -0.05) is 26.0 Å². The molecule has 0 aliphatic rings. The number of carbonyl (C=O) groups excluding carboxylic acids is 3. The number of aliphatic hydroxyl groups excluding tert-OH is 1. The highest BCUT2D eigenvalue weighted by molar-refractivity contribution is 5.92. The van der Waals surface area contributed by atoms with Crippen molar-refractivity contribution in [3.05, 3.63) is 29.8 Å². The summed E-state index contributed by atoms with van der Waals surface area (Å²) in [6.45, 7) is 0.579. The molecule has 14 heteroatoms. The summed E-state index contributed by atoms with van der Waals surface area (Å²) in [6, 6.07) is 3.33. The number of alkyl halides is 5. The van der Waals surface area contributed by atoms with E-state index in [0.29, 0.717) is 5.75 Å². The second kappa shape index (κ2) is 13.6. The zero-order valence-electron chi connectivity index (χ0n) is 20.8. The first-order chi connectivity index (χ1) is 17.0. The lowest BCUT2D eigenvalue weighted by atomic mass is 9.81. The molecule has 0 radical (unpaired) electrons. The van der Waals surface area contributed by atoms with Crippen molar-refractivity contribution in [2.24, 2.45) is 17.6 Å². The number of ether oxygens (including phenoxy) is 2. The van der Waals surface area contributed by atoms with Crippen LogP contribution in [0.25, 0.3) is 0 Å². The predicted molar refractivity (Wildman–Crippen MR) is 122 cm³/mol. The van der Waals surface area contributed by atoms with E-state index < -0.39 is 72.7 Å². The lowest BCUT2D eigenvalue weighted by molar-refractivity contribution is -0.178. The number of nitrogens with one attached hydrogen (secondary N) is 2. The molecule has 9 nitrogen and oxygen atoms in total. The first-order valence-corrected chi connectivity index (χ1v) is 11.2. The molecule has 1 aromatic carbocycles. The minimum Gasteiger partial charge on any atom is -0.497 e. The van der Waals surface area contributed by atoms with E-state index in [1.807, 2.05) is 0 Å². The number of amides is 2. The normalized spacial score (nSPS) is 15.5. The number of benzene rings is 1. The summed E-state index contributed by atoms with van der Waals surface area (Å²) in [7, 11) is 2.71. The summed E-state index contributed by atoms with van der Waals surface area (Å²) in [6.07, 6.45) is -8.50. The Bertz CT molecular complexity index is 911. The highest BCUT2D eigenvalue weighted by Crippen LogP contribution is 2.33. The Kier molecular flexibility index (Phi) is 11.9. The smallest absolute Gasteiger partial charge is 0.405 e. The second-order valence-corrected chi connectivity index (χ2v) is 8.72. The number of methoxy groups -OCH3 is 2. The Morgan fingerprint density at radius 3 is 2.08 bits per heavy atom. The van der Waals surface area contributed by atoms with Crippen molar-refractivity contribution in [1.82, 2.24) is 10.6 Å². The maximum Gasteiger partial charge on any atom is 0.405 e. The van der Waals surface area contributed by atoms with E-state index in [1.165, 1.54) is 52.3 Å². The molecule has 1 rings (SSSR count). The zero-order valence-corrected chi connectivity index (χ0v) is 20.8. The van der Waals surface area contributed by atoms with E-state index in [-0.39, 0.29) is 12.2 Å². The van der Waals surface area contributed by atoms with Gasteiger partial charge < -0.3 is 30.9 Å². The average molecular weight is 542 g/mol. The van der Waals surface area contributed by atoms with Gasteiger partial charge in [-0.05, 0) is 23.6 Å². The fourth-order valence-electron chi connectivity index (χ4n) is 3.41. The standard InChI is InChI=1S/C23H32F5N3O6/c1-12(2)15(19(33)23(27,28)21(35)30-11-22(24,25)26)9-17(32)18(31-20(34)16(29)10-36-3)13-5-7-14(37-4)8-6-13/h5-8,12,15-16,18-19,33H,9-11,29H2,1-4H3,(H,30,35)(H,31,34)/t15-,16-,18-,19+/m0/s1. The Labute approximate surface area is 210 Å². The molecule has 0 unspecified atom stereocenters. The van der Waals surface area contributed by atoms with Gasteiger partial charge in [-0.3, -0.25) is 14.4 Å². The Morgan fingerprint density at radius 1 is 1.05 bits per heavy atom. The number of Topliss-reactive ketones (excluding diaryl/α,β-unsaturated/α-hetero) is 1. The summed E-state index contributed by atoms with van der Waals surface area (Å²) < 4.78 is 76.1. The highest BCUT2D eigenvalue weighted by atomic mass is 19.4. The number of carbonyl (C=O) groups is 3. The van der Waals surface area contributed by atoms with Crippen molar-refractivity contribution in [3.8, 4) is 5.75 Å². The van der Waals surface area contributed by atoms with E-state index in [2.05, 4.69) is 5.32 Å². The van der Waals surface area contributed by atoms with Gasteiger partial charge in [0.2, 0.25) is 5.91 Å². The molecule has 5 N–H and O–H groups in total. The number of nitrogens with two attached hydrogens (primary N) is 1. The van der Waals surface area contributed by atoms with Gasteiger partial charge in [-0.15, -0.1) is 0 Å². The Morgan fingerprint density at radius 2 is 1.62 bits per heavy atom. The highest BCUT2D eigenvalue weighted by Gasteiger charge is 2.51. The summed E-state index contributed by atoms with van der Waals surface area (Å²) in [5, 5.41) is 13.8. The fourth-order valence-corrected chi connectivity index (χ4v) is 3.41. The van der Waals surface area contributed by atoms with Gasteiger partial charge >= 0.3 is 12.1 Å². The molecule has 0 heterocycles. The molecule has 0 aromatic heterocycles. The first-order valence-electron chi connectivity index (χ1n) is 11.2. The number of rotatable bonds is 14. The van der Waals surface area contributed by atoms with E-state index in [1.54, 1.807) is 0 Å². The van der Waals surface area contributed by atoms with Crippen LogP contribution in [0.3, 0.4) is 0 Å². The average Bonchev–Trinajstić information content (AvgIpc) is 2.83. The number of aliphatic hydroxyl groups is 1. The molecule has 0 saturated heterocycles. The second-order valence-electron chi connectivity index (χ2n) is 8.72. The van der Waals surface area contributed by atoms with Gasteiger partial charge in [0.15, 0.2) is 5.78 Å². The molecular formula is C23H32F5N3O6. The van der Waals surface area contributed by atoms with Gasteiger partial charge in [-0.2, -0.15) is 22.0 Å². The minimum absolute atomic E-state index is 0.179. The van der Waals surface area contributed by atoms with Crippen molar-refractivity contribution in [1.29, 1.82) is 0 Å². The predicted octanol–water partition coefficient (Wildman–Crippen LogP) is 1.73. The topological polar surface area (TPSA) is 140 Å². The SMILES string of the molecule is COC[C@H](N)C(=O)N[C@H](C(=O)C[C@@H](C(C)C)[C@@H](O)C(F)(F)C(=O)NCC(F)(F)F)c1ccc(OC)cc1. The Hall–Kier alpha value is -2.84. The molecule has 0 aliphatic heterocycles. The third-order valence-electron chi connectivity index (χ3n) is 5.56. The molecule has 37 heavy (non-hydrogen) atoms. The van der Waals surface area contributed by atoms with E-state index in [4.69, 9.17) is 15.2 Å². The van der Waals surface area contributed by atoms with E-state index in [0.717, 1.165) is 5.32 Å². The molecule has 4 atom stereocenters. The lowest BCUT2D eigenvalue weighted by Crippen LogP contribution is -2.54. The van der Waals surface area contributed by atoms with Crippen molar-refractivity contribution in [3.63, 3.8) is 0 Å². The van der Waals surface area contributed by atoms with Gasteiger partial charge in [0.1, 0.15) is 30.5 Å². The fraction of sp³-hybridized carbons (Fsp3) is 0.609. The van der Waals surface area contributed by atoms with Crippen LogP contribution in [0.15, 0.2) is 24.3 Å². The summed E-state index contributed by atoms with van der Waals surface area (Å²) in [4.78, 5) is 37.5. The van der Waals surface area contributed by atoms with Crippen LogP contribution >= 0.6 is 0 Å². The molecule has 1 aromatic rings. The van der Waals surface area contributed by atoms with Gasteiger partial charge in [-0.25, -0.2) is 0 Å². The van der Waals surface area contributed by atoms with Crippen molar-refractivity contribution in [2.45, 2.75) is 50.6 Å². The number of ketones is 1. The summed E-state index contributed by atoms with van der Waals surface area (Å²) in [5.41, 5.74) is 5.96. The third-order valence-corrected chi connectivity index (χ3v) is 5.56. The third kappa shape index (κ3) is 9.52. The monoisotopic (exact) mass is 541 g/mol. The van der Waals surface area contributed by atoms with Crippen LogP contribution in [-0.2, 0) is 19.1 Å². The van der Waals surface area contributed by atoms with Crippen molar-refractivity contribution >= 4 is 17.6 Å².